The molecule has 0 bridgehead atoms. The molecule has 0 saturated carbocycles. The van der Waals surface area contributed by atoms with Crippen LogP contribution < -0.4 is 5.73 Å². The molecule has 1 aromatic heterocycles. The van der Waals surface area contributed by atoms with Gasteiger partial charge in [0.2, 0.25) is 11.7 Å². The first kappa shape index (κ1) is 14.2. The Labute approximate surface area is 123 Å². The molecule has 0 amide bonds. The molecule has 3 rings (SSSR count). The molecular formula is C15H19N3O3. The first-order valence-corrected chi connectivity index (χ1v) is 7.03. The Bertz CT molecular complexity index is 579. The van der Waals surface area contributed by atoms with Gasteiger partial charge < -0.3 is 19.7 Å². The van der Waals surface area contributed by atoms with Crippen molar-refractivity contribution in [1.82, 2.24) is 10.1 Å². The maximum atomic E-state index is 6.18. The van der Waals surface area contributed by atoms with E-state index in [2.05, 4.69) is 10.1 Å². The van der Waals surface area contributed by atoms with E-state index < -0.39 is 11.6 Å². The summed E-state index contributed by atoms with van der Waals surface area (Å²) in [5.74, 6) is 0.953. The summed E-state index contributed by atoms with van der Waals surface area (Å²) in [5, 5.41) is 4.08. The van der Waals surface area contributed by atoms with Gasteiger partial charge in [0.05, 0.1) is 0 Å². The highest BCUT2D eigenvalue weighted by Gasteiger charge is 2.39. The summed E-state index contributed by atoms with van der Waals surface area (Å²) in [6.07, 6.45) is 1.42. The third-order valence-electron chi connectivity index (χ3n) is 3.97. The van der Waals surface area contributed by atoms with Crippen molar-refractivity contribution in [3.63, 3.8) is 0 Å². The van der Waals surface area contributed by atoms with E-state index in [0.29, 0.717) is 37.8 Å². The molecule has 6 heteroatoms. The van der Waals surface area contributed by atoms with E-state index in [9.17, 15) is 0 Å². The van der Waals surface area contributed by atoms with E-state index in [1.807, 2.05) is 30.3 Å². The topological polar surface area (TPSA) is 83.4 Å². The van der Waals surface area contributed by atoms with Crippen molar-refractivity contribution < 1.29 is 14.0 Å². The number of nitrogens with two attached hydrogens (primary N) is 1. The lowest BCUT2D eigenvalue weighted by Gasteiger charge is -2.32. The Hall–Kier alpha value is -1.76. The van der Waals surface area contributed by atoms with Crippen LogP contribution in [-0.2, 0) is 15.1 Å². The first-order chi connectivity index (χ1) is 10.2. The smallest absolute Gasteiger partial charge is 0.248 e. The number of hydrogen-bond acceptors (Lipinski definition) is 6. The molecule has 1 atom stereocenters. The monoisotopic (exact) mass is 289 g/mol. The molecule has 2 aromatic rings. The van der Waals surface area contributed by atoms with Gasteiger partial charge in [0.25, 0.3) is 0 Å². The van der Waals surface area contributed by atoms with E-state index in [1.54, 1.807) is 7.11 Å². The van der Waals surface area contributed by atoms with Crippen LogP contribution in [0.3, 0.4) is 0 Å². The molecule has 2 heterocycles. The van der Waals surface area contributed by atoms with E-state index in [-0.39, 0.29) is 0 Å². The van der Waals surface area contributed by atoms with E-state index in [0.717, 1.165) is 5.56 Å². The Morgan fingerprint density at radius 1 is 1.24 bits per heavy atom. The standard InChI is InChI=1S/C15H19N3O3/c1-19-15(7-9-20-10-8-15)14-17-13(21-18-14)12(16)11-5-3-2-4-6-11/h2-6,12H,7-10,16H2,1H3. The van der Waals surface area contributed by atoms with Crippen molar-refractivity contribution in [3.8, 4) is 0 Å². The molecule has 0 radical (unpaired) electrons. The number of hydrogen-bond donors (Lipinski definition) is 1. The summed E-state index contributed by atoms with van der Waals surface area (Å²) in [6, 6.07) is 9.26. The molecule has 1 saturated heterocycles. The fraction of sp³-hybridized carbons (Fsp3) is 0.467. The van der Waals surface area contributed by atoms with Crippen molar-refractivity contribution in [2.75, 3.05) is 20.3 Å². The SMILES string of the molecule is COC1(c2noc(C(N)c3ccccc3)n2)CCOCC1. The summed E-state index contributed by atoms with van der Waals surface area (Å²) in [7, 11) is 1.67. The highest BCUT2D eigenvalue weighted by atomic mass is 16.5. The zero-order chi connectivity index (χ0) is 14.7. The molecule has 1 aliphatic rings. The van der Waals surface area contributed by atoms with Crippen LogP contribution >= 0.6 is 0 Å². The number of ether oxygens (including phenoxy) is 2. The van der Waals surface area contributed by atoms with Gasteiger partial charge >= 0.3 is 0 Å². The van der Waals surface area contributed by atoms with Crippen molar-refractivity contribution in [1.29, 1.82) is 0 Å². The number of rotatable bonds is 4. The third-order valence-corrected chi connectivity index (χ3v) is 3.97. The Balaban J connectivity index is 1.86. The average molecular weight is 289 g/mol. The largest absolute Gasteiger partial charge is 0.381 e. The number of nitrogens with zero attached hydrogens (tertiary/aromatic N) is 2. The quantitative estimate of drug-likeness (QED) is 0.923. The lowest BCUT2D eigenvalue weighted by molar-refractivity contribution is -0.101. The van der Waals surface area contributed by atoms with E-state index >= 15 is 0 Å². The molecular weight excluding hydrogens is 270 g/mol. The zero-order valence-corrected chi connectivity index (χ0v) is 12.0. The van der Waals surface area contributed by atoms with Gasteiger partial charge in [-0.15, -0.1) is 0 Å². The van der Waals surface area contributed by atoms with E-state index in [4.69, 9.17) is 19.7 Å². The lowest BCUT2D eigenvalue weighted by atomic mass is 9.93. The van der Waals surface area contributed by atoms with Crippen LogP contribution in [0.4, 0.5) is 0 Å². The number of benzene rings is 1. The van der Waals surface area contributed by atoms with Crippen LogP contribution in [0.2, 0.25) is 0 Å². The maximum absolute atomic E-state index is 6.18. The predicted octanol–water partition coefficient (Wildman–Crippen LogP) is 1.77. The lowest BCUT2D eigenvalue weighted by Crippen LogP contribution is -2.36. The average Bonchev–Trinajstić information content (AvgIpc) is 3.06. The molecule has 21 heavy (non-hydrogen) atoms. The molecule has 6 nitrogen and oxygen atoms in total. The Kier molecular flexibility index (Phi) is 4.01. The highest BCUT2D eigenvalue weighted by molar-refractivity contribution is 5.23. The summed E-state index contributed by atoms with van der Waals surface area (Å²) in [4.78, 5) is 4.47. The van der Waals surface area contributed by atoms with Gasteiger partial charge in [0.1, 0.15) is 11.6 Å². The fourth-order valence-corrected chi connectivity index (χ4v) is 2.57. The van der Waals surface area contributed by atoms with Crippen molar-refractivity contribution in [2.24, 2.45) is 5.73 Å². The molecule has 1 fully saturated rings. The maximum Gasteiger partial charge on any atom is 0.248 e. The van der Waals surface area contributed by atoms with Gasteiger partial charge in [-0.1, -0.05) is 35.5 Å². The molecule has 1 aromatic carbocycles. The molecule has 112 valence electrons. The second kappa shape index (κ2) is 5.93. The van der Waals surface area contributed by atoms with Crippen LogP contribution in [0.15, 0.2) is 34.9 Å². The van der Waals surface area contributed by atoms with Crippen LogP contribution in [-0.4, -0.2) is 30.5 Å². The van der Waals surface area contributed by atoms with Crippen LogP contribution in [0.1, 0.15) is 36.2 Å². The van der Waals surface area contributed by atoms with Gasteiger partial charge in [0.15, 0.2) is 0 Å². The van der Waals surface area contributed by atoms with Gasteiger partial charge in [-0.2, -0.15) is 4.98 Å². The van der Waals surface area contributed by atoms with Gasteiger partial charge in [0, 0.05) is 33.2 Å². The minimum absolute atomic E-state index is 0.402. The zero-order valence-electron chi connectivity index (χ0n) is 12.0. The molecule has 2 N–H and O–H groups in total. The minimum atomic E-state index is -0.531. The second-order valence-corrected chi connectivity index (χ2v) is 5.16. The normalized spacial score (nSPS) is 19.3. The van der Waals surface area contributed by atoms with Crippen molar-refractivity contribution in [2.45, 2.75) is 24.5 Å². The van der Waals surface area contributed by atoms with Gasteiger partial charge in [-0.25, -0.2) is 0 Å². The molecule has 0 aliphatic carbocycles. The molecule has 1 aliphatic heterocycles. The van der Waals surface area contributed by atoms with Crippen LogP contribution in [0.5, 0.6) is 0 Å². The fourth-order valence-electron chi connectivity index (χ4n) is 2.57. The molecule has 1 unspecified atom stereocenters. The summed E-state index contributed by atoms with van der Waals surface area (Å²) < 4.78 is 16.4. The Morgan fingerprint density at radius 2 is 1.95 bits per heavy atom. The predicted molar refractivity (Wildman–Crippen MR) is 75.5 cm³/mol. The minimum Gasteiger partial charge on any atom is -0.381 e. The summed E-state index contributed by atoms with van der Waals surface area (Å²) >= 11 is 0. The summed E-state index contributed by atoms with van der Waals surface area (Å²) in [6.45, 7) is 1.25. The van der Waals surface area contributed by atoms with E-state index in [1.165, 1.54) is 0 Å². The Morgan fingerprint density at radius 3 is 2.62 bits per heavy atom. The first-order valence-electron chi connectivity index (χ1n) is 7.03. The van der Waals surface area contributed by atoms with Crippen LogP contribution in [0.25, 0.3) is 0 Å². The summed E-state index contributed by atoms with van der Waals surface area (Å²) in [5.41, 5.74) is 6.59. The van der Waals surface area contributed by atoms with Crippen molar-refractivity contribution >= 4 is 0 Å². The van der Waals surface area contributed by atoms with Gasteiger partial charge in [-0.3, -0.25) is 0 Å². The third kappa shape index (κ3) is 2.70. The second-order valence-electron chi connectivity index (χ2n) is 5.16. The molecule has 0 spiro atoms. The number of aromatic nitrogens is 2. The van der Waals surface area contributed by atoms with Crippen molar-refractivity contribution in [3.05, 3.63) is 47.6 Å². The number of methoxy groups -OCH3 is 1. The van der Waals surface area contributed by atoms with Crippen LogP contribution in [0, 0.1) is 0 Å². The van der Waals surface area contributed by atoms with Gasteiger partial charge in [-0.05, 0) is 5.56 Å². The highest BCUT2D eigenvalue weighted by Crippen LogP contribution is 2.34.